The van der Waals surface area contributed by atoms with E-state index in [-0.39, 0.29) is 17.5 Å². The summed E-state index contributed by atoms with van der Waals surface area (Å²) in [5.74, 6) is -0.224. The van der Waals surface area contributed by atoms with Crippen LogP contribution in [0.2, 0.25) is 0 Å². The number of H-pyrrole nitrogens is 1. The van der Waals surface area contributed by atoms with Gasteiger partial charge in [-0.05, 0) is 49.8 Å². The largest absolute Gasteiger partial charge is 0.364 e. The third-order valence-corrected chi connectivity index (χ3v) is 6.18. The Labute approximate surface area is 144 Å². The number of piperidine rings is 1. The minimum absolute atomic E-state index is 0.133. The molecule has 0 radical (unpaired) electrons. The zero-order valence-corrected chi connectivity index (χ0v) is 14.2. The number of hydrogen-bond acceptors (Lipinski definition) is 4. The van der Waals surface area contributed by atoms with E-state index in [9.17, 15) is 9.59 Å². The molecule has 1 atom stereocenters. The Bertz CT molecular complexity index is 773. The second-order valence-electron chi connectivity index (χ2n) is 6.58. The van der Waals surface area contributed by atoms with E-state index in [4.69, 9.17) is 5.73 Å². The van der Waals surface area contributed by atoms with Crippen molar-refractivity contribution in [3.63, 3.8) is 0 Å². The summed E-state index contributed by atoms with van der Waals surface area (Å²) in [5.41, 5.74) is 7.75. The number of aryl methyl sites for hydroxylation is 2. The Hall–Kier alpha value is -2.15. The minimum Gasteiger partial charge on any atom is -0.364 e. The Morgan fingerprint density at radius 3 is 2.92 bits per heavy atom. The van der Waals surface area contributed by atoms with Crippen LogP contribution >= 0.6 is 11.3 Å². The number of nitrogens with two attached hydrogens (primary N) is 1. The van der Waals surface area contributed by atoms with Gasteiger partial charge in [0.05, 0.1) is 4.88 Å². The van der Waals surface area contributed by atoms with E-state index in [1.54, 1.807) is 17.4 Å². The van der Waals surface area contributed by atoms with E-state index in [0.29, 0.717) is 6.54 Å². The van der Waals surface area contributed by atoms with Crippen molar-refractivity contribution in [2.45, 2.75) is 38.0 Å². The third-order valence-electron chi connectivity index (χ3n) is 4.96. The summed E-state index contributed by atoms with van der Waals surface area (Å²) in [6, 6.07) is 3.79. The van der Waals surface area contributed by atoms with Crippen LogP contribution in [-0.2, 0) is 12.8 Å². The van der Waals surface area contributed by atoms with Gasteiger partial charge in [0.25, 0.3) is 11.8 Å². The predicted octanol–water partition coefficient (Wildman–Crippen LogP) is 2.08. The van der Waals surface area contributed by atoms with Crippen molar-refractivity contribution >= 4 is 23.2 Å². The van der Waals surface area contributed by atoms with Gasteiger partial charge in [-0.25, -0.2) is 0 Å². The molecule has 1 fully saturated rings. The van der Waals surface area contributed by atoms with E-state index in [1.807, 2.05) is 4.90 Å². The van der Waals surface area contributed by atoms with Gasteiger partial charge in [-0.15, -0.1) is 11.3 Å². The fourth-order valence-corrected chi connectivity index (χ4v) is 4.90. The molecule has 1 aliphatic heterocycles. The van der Waals surface area contributed by atoms with Gasteiger partial charge in [0.1, 0.15) is 5.69 Å². The van der Waals surface area contributed by atoms with Crippen molar-refractivity contribution in [3.05, 3.63) is 38.8 Å². The molecule has 2 amide bonds. The van der Waals surface area contributed by atoms with Crippen LogP contribution in [0.1, 0.15) is 61.5 Å². The topological polar surface area (TPSA) is 92.1 Å². The SMILES string of the molecule is NC(=O)c1cc([C@H]2CCCN(C(=O)c3cc4c(s3)CCC4)C2)[nH]n1. The van der Waals surface area contributed by atoms with Crippen LogP contribution < -0.4 is 5.73 Å². The number of fused-ring (bicyclic) bond motifs is 1. The standard InChI is InChI=1S/C17H20N4O2S/c18-16(22)13-8-12(19-20-13)11-4-2-6-21(9-11)17(23)15-7-10-3-1-5-14(10)24-15/h7-8,11H,1-6,9H2,(H2,18,22)(H,19,20)/t11-/m0/s1. The summed E-state index contributed by atoms with van der Waals surface area (Å²) in [6.45, 7) is 1.44. The maximum atomic E-state index is 12.8. The predicted molar refractivity (Wildman–Crippen MR) is 91.3 cm³/mol. The van der Waals surface area contributed by atoms with Crippen LogP contribution in [0.25, 0.3) is 0 Å². The first-order valence-corrected chi connectivity index (χ1v) is 9.19. The zero-order valence-electron chi connectivity index (χ0n) is 13.4. The van der Waals surface area contributed by atoms with Crippen molar-refractivity contribution in [3.8, 4) is 0 Å². The third kappa shape index (κ3) is 2.73. The Kier molecular flexibility index (Phi) is 3.88. The number of rotatable bonds is 3. The maximum absolute atomic E-state index is 12.8. The summed E-state index contributed by atoms with van der Waals surface area (Å²) < 4.78 is 0. The monoisotopic (exact) mass is 344 g/mol. The molecule has 3 heterocycles. The average Bonchev–Trinajstić information content (AvgIpc) is 3.29. The highest BCUT2D eigenvalue weighted by molar-refractivity contribution is 7.14. The molecule has 0 aromatic carbocycles. The molecule has 6 nitrogen and oxygen atoms in total. The lowest BCUT2D eigenvalue weighted by Crippen LogP contribution is -2.38. The number of nitrogens with zero attached hydrogens (tertiary/aromatic N) is 2. The fourth-order valence-electron chi connectivity index (χ4n) is 3.68. The number of hydrogen-bond donors (Lipinski definition) is 2. The zero-order chi connectivity index (χ0) is 16.7. The molecule has 0 bridgehead atoms. The Morgan fingerprint density at radius 2 is 2.17 bits per heavy atom. The Balaban J connectivity index is 1.49. The highest BCUT2D eigenvalue weighted by Crippen LogP contribution is 2.33. The number of thiophene rings is 1. The van der Waals surface area contributed by atoms with Gasteiger partial charge in [-0.3, -0.25) is 14.7 Å². The van der Waals surface area contributed by atoms with Crippen LogP contribution in [-0.4, -0.2) is 40.0 Å². The van der Waals surface area contributed by atoms with Crippen LogP contribution in [0.3, 0.4) is 0 Å². The number of aromatic nitrogens is 2. The van der Waals surface area contributed by atoms with E-state index in [0.717, 1.165) is 42.8 Å². The van der Waals surface area contributed by atoms with E-state index in [2.05, 4.69) is 16.3 Å². The molecule has 2 aromatic rings. The molecule has 4 rings (SSSR count). The number of nitrogens with one attached hydrogen (secondary N) is 1. The van der Waals surface area contributed by atoms with Gasteiger partial charge in [0, 0.05) is 29.6 Å². The number of carbonyl (C=O) groups excluding carboxylic acids is 2. The van der Waals surface area contributed by atoms with Crippen molar-refractivity contribution in [2.24, 2.45) is 5.73 Å². The van der Waals surface area contributed by atoms with Crippen LogP contribution in [0.4, 0.5) is 0 Å². The van der Waals surface area contributed by atoms with Crippen molar-refractivity contribution < 1.29 is 9.59 Å². The second-order valence-corrected chi connectivity index (χ2v) is 7.71. The lowest BCUT2D eigenvalue weighted by Gasteiger charge is -2.32. The van der Waals surface area contributed by atoms with E-state index < -0.39 is 5.91 Å². The fraction of sp³-hybridized carbons (Fsp3) is 0.471. The molecule has 24 heavy (non-hydrogen) atoms. The first kappa shape index (κ1) is 15.4. The Morgan fingerprint density at radius 1 is 1.29 bits per heavy atom. The molecule has 1 saturated heterocycles. The molecule has 126 valence electrons. The molecule has 0 unspecified atom stereocenters. The number of likely N-dealkylation sites (tertiary alicyclic amines) is 1. The van der Waals surface area contributed by atoms with E-state index in [1.165, 1.54) is 16.9 Å². The quantitative estimate of drug-likeness (QED) is 0.893. The van der Waals surface area contributed by atoms with Gasteiger partial charge in [-0.2, -0.15) is 5.10 Å². The van der Waals surface area contributed by atoms with Crippen molar-refractivity contribution in [2.75, 3.05) is 13.1 Å². The van der Waals surface area contributed by atoms with Crippen molar-refractivity contribution in [1.29, 1.82) is 0 Å². The molecule has 2 aliphatic rings. The van der Waals surface area contributed by atoms with E-state index >= 15 is 0 Å². The number of primary amides is 1. The van der Waals surface area contributed by atoms with Crippen LogP contribution in [0.5, 0.6) is 0 Å². The second kappa shape index (κ2) is 6.05. The first-order chi connectivity index (χ1) is 11.6. The summed E-state index contributed by atoms with van der Waals surface area (Å²) in [6.07, 6.45) is 5.35. The van der Waals surface area contributed by atoms with Crippen LogP contribution in [0.15, 0.2) is 12.1 Å². The maximum Gasteiger partial charge on any atom is 0.269 e. The van der Waals surface area contributed by atoms with Crippen molar-refractivity contribution in [1.82, 2.24) is 15.1 Å². The molecule has 0 saturated carbocycles. The molecule has 7 heteroatoms. The normalized spacial score (nSPS) is 20.2. The number of aromatic amines is 1. The molecule has 1 aliphatic carbocycles. The average molecular weight is 344 g/mol. The van der Waals surface area contributed by atoms with Gasteiger partial charge in [0.2, 0.25) is 0 Å². The summed E-state index contributed by atoms with van der Waals surface area (Å²) in [5, 5.41) is 6.85. The number of carbonyl (C=O) groups is 2. The highest BCUT2D eigenvalue weighted by atomic mass is 32.1. The number of amides is 2. The molecule has 0 spiro atoms. The van der Waals surface area contributed by atoms with Crippen LogP contribution in [0, 0.1) is 0 Å². The first-order valence-electron chi connectivity index (χ1n) is 8.38. The smallest absolute Gasteiger partial charge is 0.269 e. The summed E-state index contributed by atoms with van der Waals surface area (Å²) in [4.78, 5) is 28.2. The summed E-state index contributed by atoms with van der Waals surface area (Å²) in [7, 11) is 0. The van der Waals surface area contributed by atoms with Gasteiger partial charge in [-0.1, -0.05) is 0 Å². The molecule has 2 aromatic heterocycles. The van der Waals surface area contributed by atoms with Gasteiger partial charge >= 0.3 is 0 Å². The lowest BCUT2D eigenvalue weighted by atomic mass is 9.94. The highest BCUT2D eigenvalue weighted by Gasteiger charge is 2.29. The molecular formula is C17H20N4O2S. The van der Waals surface area contributed by atoms with Gasteiger partial charge in [0.15, 0.2) is 0 Å². The lowest BCUT2D eigenvalue weighted by molar-refractivity contribution is 0.0710. The summed E-state index contributed by atoms with van der Waals surface area (Å²) >= 11 is 1.66. The minimum atomic E-state index is -0.533. The van der Waals surface area contributed by atoms with Gasteiger partial charge < -0.3 is 10.6 Å². The molecular weight excluding hydrogens is 324 g/mol. The molecule has 3 N–H and O–H groups in total.